The van der Waals surface area contributed by atoms with Crippen LogP contribution in [0.25, 0.3) is 17.1 Å². The summed E-state index contributed by atoms with van der Waals surface area (Å²) in [5.74, 6) is 1.11. The zero-order valence-corrected chi connectivity index (χ0v) is 14.2. The lowest BCUT2D eigenvalue weighted by Gasteiger charge is -2.06. The van der Waals surface area contributed by atoms with Gasteiger partial charge in [-0.05, 0) is 29.5 Å². The number of rotatable bonds is 5. The zero-order valence-electron chi connectivity index (χ0n) is 13.4. The van der Waals surface area contributed by atoms with Crippen molar-refractivity contribution in [2.45, 2.75) is 17.3 Å². The van der Waals surface area contributed by atoms with Crippen molar-refractivity contribution in [3.8, 4) is 17.1 Å². The van der Waals surface area contributed by atoms with Crippen LogP contribution in [-0.4, -0.2) is 30.3 Å². The minimum absolute atomic E-state index is 0.0848. The SMILES string of the molecule is CC(Sc1nnnn1-c1ccccc1)c1nc(-c2ccccc2)no1. The highest BCUT2D eigenvalue weighted by molar-refractivity contribution is 7.99. The van der Waals surface area contributed by atoms with Gasteiger partial charge in [-0.1, -0.05) is 65.4 Å². The van der Waals surface area contributed by atoms with Gasteiger partial charge >= 0.3 is 0 Å². The Bertz CT molecular complexity index is 953. The lowest BCUT2D eigenvalue weighted by molar-refractivity contribution is 0.380. The van der Waals surface area contributed by atoms with Crippen LogP contribution in [0.1, 0.15) is 18.1 Å². The van der Waals surface area contributed by atoms with Crippen LogP contribution in [0.2, 0.25) is 0 Å². The molecule has 8 heteroatoms. The molecule has 2 heterocycles. The van der Waals surface area contributed by atoms with Gasteiger partial charge in [-0.3, -0.25) is 0 Å². The lowest BCUT2D eigenvalue weighted by Crippen LogP contribution is -2.00. The van der Waals surface area contributed by atoms with Gasteiger partial charge in [0.05, 0.1) is 10.9 Å². The van der Waals surface area contributed by atoms with E-state index >= 15 is 0 Å². The van der Waals surface area contributed by atoms with E-state index in [4.69, 9.17) is 4.52 Å². The first-order valence-corrected chi connectivity index (χ1v) is 8.59. The molecule has 0 spiro atoms. The fraction of sp³-hybridized carbons (Fsp3) is 0.118. The fourth-order valence-electron chi connectivity index (χ4n) is 2.30. The van der Waals surface area contributed by atoms with E-state index in [1.165, 1.54) is 11.8 Å². The fourth-order valence-corrected chi connectivity index (χ4v) is 3.14. The average molecular weight is 350 g/mol. The van der Waals surface area contributed by atoms with Gasteiger partial charge in [-0.2, -0.15) is 9.67 Å². The second-order valence-electron chi connectivity index (χ2n) is 5.29. The van der Waals surface area contributed by atoms with Crippen LogP contribution >= 0.6 is 11.8 Å². The van der Waals surface area contributed by atoms with Gasteiger partial charge in [0.2, 0.25) is 16.9 Å². The Balaban J connectivity index is 1.55. The standard InChI is InChI=1S/C17H14N6OS/c1-12(16-18-15(20-24-16)13-8-4-2-5-9-13)25-17-19-21-22-23(17)14-10-6-3-7-11-14/h2-12H,1H3. The predicted molar refractivity (Wildman–Crippen MR) is 93.2 cm³/mol. The van der Waals surface area contributed by atoms with Crippen molar-refractivity contribution in [1.82, 2.24) is 30.3 Å². The lowest BCUT2D eigenvalue weighted by atomic mass is 10.2. The Labute approximate surface area is 148 Å². The van der Waals surface area contributed by atoms with Crippen molar-refractivity contribution >= 4 is 11.8 Å². The molecular formula is C17H14N6OS. The van der Waals surface area contributed by atoms with Crippen molar-refractivity contribution in [3.63, 3.8) is 0 Å². The van der Waals surface area contributed by atoms with E-state index in [1.54, 1.807) is 4.68 Å². The highest BCUT2D eigenvalue weighted by Crippen LogP contribution is 2.33. The van der Waals surface area contributed by atoms with E-state index < -0.39 is 0 Å². The number of nitrogens with zero attached hydrogens (tertiary/aromatic N) is 6. The summed E-state index contributed by atoms with van der Waals surface area (Å²) < 4.78 is 7.11. The third kappa shape index (κ3) is 3.29. The van der Waals surface area contributed by atoms with Crippen molar-refractivity contribution in [1.29, 1.82) is 0 Å². The van der Waals surface area contributed by atoms with E-state index in [9.17, 15) is 0 Å². The highest BCUT2D eigenvalue weighted by Gasteiger charge is 2.20. The van der Waals surface area contributed by atoms with Crippen molar-refractivity contribution < 1.29 is 4.52 Å². The third-order valence-electron chi connectivity index (χ3n) is 3.55. The third-order valence-corrected chi connectivity index (χ3v) is 4.57. The van der Waals surface area contributed by atoms with Crippen molar-refractivity contribution in [3.05, 3.63) is 66.6 Å². The van der Waals surface area contributed by atoms with Crippen LogP contribution in [0.3, 0.4) is 0 Å². The Morgan fingerprint density at radius 3 is 2.48 bits per heavy atom. The summed E-state index contributed by atoms with van der Waals surface area (Å²) in [6, 6.07) is 19.5. The van der Waals surface area contributed by atoms with E-state index in [1.807, 2.05) is 67.6 Å². The molecule has 25 heavy (non-hydrogen) atoms. The van der Waals surface area contributed by atoms with Crippen molar-refractivity contribution in [2.24, 2.45) is 0 Å². The largest absolute Gasteiger partial charge is 0.338 e. The molecule has 2 aromatic carbocycles. The second-order valence-corrected chi connectivity index (χ2v) is 6.60. The highest BCUT2D eigenvalue weighted by atomic mass is 32.2. The summed E-state index contributed by atoms with van der Waals surface area (Å²) in [6.45, 7) is 1.98. The molecule has 0 fully saturated rings. The molecule has 2 aromatic heterocycles. The molecule has 4 rings (SSSR count). The number of para-hydroxylation sites is 1. The molecule has 4 aromatic rings. The maximum absolute atomic E-state index is 5.42. The van der Waals surface area contributed by atoms with Gasteiger partial charge in [-0.15, -0.1) is 5.10 Å². The minimum Gasteiger partial charge on any atom is -0.338 e. The van der Waals surface area contributed by atoms with Gasteiger partial charge in [0, 0.05) is 5.56 Å². The number of benzene rings is 2. The number of aromatic nitrogens is 6. The number of hydrogen-bond acceptors (Lipinski definition) is 7. The summed E-state index contributed by atoms with van der Waals surface area (Å²) >= 11 is 1.46. The smallest absolute Gasteiger partial charge is 0.240 e. The van der Waals surface area contributed by atoms with Crippen molar-refractivity contribution in [2.75, 3.05) is 0 Å². The normalized spacial score (nSPS) is 12.2. The molecule has 1 atom stereocenters. The van der Waals surface area contributed by atoms with Gasteiger partial charge in [0.25, 0.3) is 0 Å². The van der Waals surface area contributed by atoms with E-state index in [2.05, 4.69) is 25.7 Å². The molecule has 0 saturated heterocycles. The first-order chi connectivity index (χ1) is 12.3. The zero-order chi connectivity index (χ0) is 17.1. The molecular weight excluding hydrogens is 336 g/mol. The Morgan fingerprint density at radius 2 is 1.72 bits per heavy atom. The molecule has 0 saturated carbocycles. The maximum Gasteiger partial charge on any atom is 0.240 e. The predicted octanol–water partition coefficient (Wildman–Crippen LogP) is 3.57. The van der Waals surface area contributed by atoms with E-state index in [0.29, 0.717) is 16.9 Å². The number of thioether (sulfide) groups is 1. The molecule has 0 amide bonds. The molecule has 124 valence electrons. The van der Waals surface area contributed by atoms with Gasteiger partial charge in [0.15, 0.2) is 0 Å². The maximum atomic E-state index is 5.42. The van der Waals surface area contributed by atoms with Crippen LogP contribution in [0.5, 0.6) is 0 Å². The summed E-state index contributed by atoms with van der Waals surface area (Å²) in [7, 11) is 0. The van der Waals surface area contributed by atoms with E-state index in [0.717, 1.165) is 11.3 Å². The molecule has 0 aliphatic rings. The monoisotopic (exact) mass is 350 g/mol. The van der Waals surface area contributed by atoms with Gasteiger partial charge in [-0.25, -0.2) is 0 Å². The molecule has 0 bridgehead atoms. The number of hydrogen-bond donors (Lipinski definition) is 0. The molecule has 7 nitrogen and oxygen atoms in total. The Kier molecular flexibility index (Phi) is 4.26. The van der Waals surface area contributed by atoms with Gasteiger partial charge in [0.1, 0.15) is 0 Å². The first-order valence-electron chi connectivity index (χ1n) is 7.71. The first kappa shape index (κ1) is 15.5. The molecule has 0 aliphatic carbocycles. The average Bonchev–Trinajstić information content (AvgIpc) is 3.33. The van der Waals surface area contributed by atoms with Crippen LogP contribution in [0, 0.1) is 0 Å². The summed E-state index contributed by atoms with van der Waals surface area (Å²) in [5, 5.41) is 16.6. The molecule has 1 unspecified atom stereocenters. The topological polar surface area (TPSA) is 82.5 Å². The molecule has 0 aliphatic heterocycles. The van der Waals surface area contributed by atoms with Crippen LogP contribution in [0.4, 0.5) is 0 Å². The van der Waals surface area contributed by atoms with E-state index in [-0.39, 0.29) is 5.25 Å². The van der Waals surface area contributed by atoms with Gasteiger partial charge < -0.3 is 4.52 Å². The summed E-state index contributed by atoms with van der Waals surface area (Å²) in [6.07, 6.45) is 0. The number of tetrazole rings is 1. The molecule has 0 N–H and O–H groups in total. The van der Waals surface area contributed by atoms with Crippen LogP contribution < -0.4 is 0 Å². The Hall–Kier alpha value is -3.00. The van der Waals surface area contributed by atoms with Crippen LogP contribution in [0.15, 0.2) is 70.3 Å². The molecule has 0 radical (unpaired) electrons. The second kappa shape index (κ2) is 6.86. The summed E-state index contributed by atoms with van der Waals surface area (Å²) in [5.41, 5.74) is 1.82. The summed E-state index contributed by atoms with van der Waals surface area (Å²) in [4.78, 5) is 4.49. The Morgan fingerprint density at radius 1 is 1.00 bits per heavy atom. The minimum atomic E-state index is -0.0848. The quantitative estimate of drug-likeness (QED) is 0.509. The van der Waals surface area contributed by atoms with Crippen LogP contribution in [-0.2, 0) is 0 Å².